The monoisotopic (exact) mass is 320 g/mol. The Morgan fingerprint density at radius 1 is 1.09 bits per heavy atom. The molecule has 3 N–H and O–H groups in total. The second-order valence-electron chi connectivity index (χ2n) is 5.71. The highest BCUT2D eigenvalue weighted by Crippen LogP contribution is 2.41. The standard InChI is InChI=1S/C16H20N2O5/c1-23-15(22)18-12-6-4-11(5-7-12)17-13(19)10-16(14(20)21)8-2-3-9-16/h4-7H,2-3,8-10H2,1H3,(H,17,19)(H,18,22)(H,20,21). The summed E-state index contributed by atoms with van der Waals surface area (Å²) in [6.45, 7) is 0. The van der Waals surface area contributed by atoms with Gasteiger partial charge in [0.05, 0.1) is 12.5 Å². The number of nitrogens with one attached hydrogen (secondary N) is 2. The van der Waals surface area contributed by atoms with Crippen LogP contribution in [0.25, 0.3) is 0 Å². The SMILES string of the molecule is COC(=O)Nc1ccc(NC(=O)CC2(C(=O)O)CCCC2)cc1. The predicted octanol–water partition coefficient (Wildman–Crippen LogP) is 2.84. The van der Waals surface area contributed by atoms with Crippen LogP contribution in [0.15, 0.2) is 24.3 Å². The number of hydrogen-bond acceptors (Lipinski definition) is 4. The highest BCUT2D eigenvalue weighted by molar-refractivity contribution is 5.94. The third-order valence-electron chi connectivity index (χ3n) is 4.11. The van der Waals surface area contributed by atoms with E-state index in [0.29, 0.717) is 24.2 Å². The summed E-state index contributed by atoms with van der Waals surface area (Å²) >= 11 is 0. The van der Waals surface area contributed by atoms with Crippen molar-refractivity contribution in [2.45, 2.75) is 32.1 Å². The molecule has 2 amide bonds. The lowest BCUT2D eigenvalue weighted by Crippen LogP contribution is -2.32. The Hall–Kier alpha value is -2.57. The van der Waals surface area contributed by atoms with E-state index in [4.69, 9.17) is 0 Å². The van der Waals surface area contributed by atoms with Gasteiger partial charge in [0, 0.05) is 17.8 Å². The van der Waals surface area contributed by atoms with E-state index in [-0.39, 0.29) is 12.3 Å². The largest absolute Gasteiger partial charge is 0.481 e. The number of carboxylic acids is 1. The number of ether oxygens (including phenoxy) is 1. The molecule has 0 heterocycles. The lowest BCUT2D eigenvalue weighted by Gasteiger charge is -2.22. The molecule has 1 aromatic rings. The van der Waals surface area contributed by atoms with Gasteiger partial charge in [0.15, 0.2) is 0 Å². The molecule has 2 rings (SSSR count). The number of carboxylic acid groups (broad SMARTS) is 1. The van der Waals surface area contributed by atoms with Crippen molar-refractivity contribution in [1.29, 1.82) is 0 Å². The van der Waals surface area contributed by atoms with Gasteiger partial charge in [-0.15, -0.1) is 0 Å². The number of methoxy groups -OCH3 is 1. The first-order chi connectivity index (χ1) is 10.9. The molecule has 7 heteroatoms. The molecule has 0 aromatic heterocycles. The van der Waals surface area contributed by atoms with Crippen LogP contribution in [0.2, 0.25) is 0 Å². The number of hydrogen-bond donors (Lipinski definition) is 3. The summed E-state index contributed by atoms with van der Waals surface area (Å²) in [4.78, 5) is 34.7. The number of rotatable bonds is 5. The van der Waals surface area contributed by atoms with Crippen LogP contribution in [0.1, 0.15) is 32.1 Å². The molecular weight excluding hydrogens is 300 g/mol. The minimum Gasteiger partial charge on any atom is -0.481 e. The first-order valence-corrected chi connectivity index (χ1v) is 7.43. The van der Waals surface area contributed by atoms with E-state index < -0.39 is 17.5 Å². The summed E-state index contributed by atoms with van der Waals surface area (Å²) in [5.74, 6) is -1.22. The van der Waals surface area contributed by atoms with Gasteiger partial charge in [0.1, 0.15) is 0 Å². The molecule has 0 spiro atoms. The molecule has 124 valence electrons. The van der Waals surface area contributed by atoms with E-state index in [1.807, 2.05) is 0 Å². The highest BCUT2D eigenvalue weighted by Gasteiger charge is 2.42. The number of aliphatic carboxylic acids is 1. The number of benzene rings is 1. The average molecular weight is 320 g/mol. The Morgan fingerprint density at radius 2 is 1.61 bits per heavy atom. The Bertz CT molecular complexity index is 591. The van der Waals surface area contributed by atoms with Gasteiger partial charge in [-0.2, -0.15) is 0 Å². The van der Waals surface area contributed by atoms with Crippen LogP contribution in [0, 0.1) is 5.41 Å². The lowest BCUT2D eigenvalue weighted by molar-refractivity contribution is -0.150. The summed E-state index contributed by atoms with van der Waals surface area (Å²) in [6, 6.07) is 6.50. The molecule has 7 nitrogen and oxygen atoms in total. The van der Waals surface area contributed by atoms with Gasteiger partial charge in [-0.25, -0.2) is 4.79 Å². The number of carbonyl (C=O) groups is 3. The maximum Gasteiger partial charge on any atom is 0.411 e. The molecule has 0 bridgehead atoms. The predicted molar refractivity (Wildman–Crippen MR) is 84.3 cm³/mol. The van der Waals surface area contributed by atoms with E-state index in [9.17, 15) is 19.5 Å². The minimum absolute atomic E-state index is 0.0233. The first kappa shape index (κ1) is 16.8. The molecular formula is C16H20N2O5. The summed E-state index contributed by atoms with van der Waals surface area (Å²) in [5, 5.41) is 14.6. The van der Waals surface area contributed by atoms with Gasteiger partial charge in [0.25, 0.3) is 0 Å². The Labute approximate surface area is 134 Å². The molecule has 0 unspecified atom stereocenters. The second-order valence-corrected chi connectivity index (χ2v) is 5.71. The Kier molecular flexibility index (Phi) is 5.20. The maximum absolute atomic E-state index is 12.1. The molecule has 0 atom stereocenters. The zero-order chi connectivity index (χ0) is 16.9. The van der Waals surface area contributed by atoms with Crippen molar-refractivity contribution >= 4 is 29.3 Å². The van der Waals surface area contributed by atoms with Crippen LogP contribution in [-0.4, -0.2) is 30.2 Å². The fourth-order valence-electron chi connectivity index (χ4n) is 2.84. The van der Waals surface area contributed by atoms with Crippen LogP contribution in [0.4, 0.5) is 16.2 Å². The molecule has 23 heavy (non-hydrogen) atoms. The molecule has 0 saturated heterocycles. The fraction of sp³-hybridized carbons (Fsp3) is 0.438. The molecule has 1 saturated carbocycles. The third-order valence-corrected chi connectivity index (χ3v) is 4.11. The topological polar surface area (TPSA) is 105 Å². The first-order valence-electron chi connectivity index (χ1n) is 7.43. The van der Waals surface area contributed by atoms with Crippen molar-refractivity contribution in [2.75, 3.05) is 17.7 Å². The van der Waals surface area contributed by atoms with Crippen LogP contribution < -0.4 is 10.6 Å². The summed E-state index contributed by atoms with van der Waals surface area (Å²) in [5.41, 5.74) is 0.146. The van der Waals surface area contributed by atoms with Gasteiger partial charge < -0.3 is 15.2 Å². The highest BCUT2D eigenvalue weighted by atomic mass is 16.5. The minimum atomic E-state index is -0.934. The fourth-order valence-corrected chi connectivity index (χ4v) is 2.84. The van der Waals surface area contributed by atoms with Crippen LogP contribution in [-0.2, 0) is 14.3 Å². The molecule has 1 aliphatic rings. The lowest BCUT2D eigenvalue weighted by atomic mass is 9.82. The van der Waals surface area contributed by atoms with Crippen LogP contribution >= 0.6 is 0 Å². The van der Waals surface area contributed by atoms with Crippen molar-refractivity contribution in [3.63, 3.8) is 0 Å². The van der Waals surface area contributed by atoms with Gasteiger partial charge >= 0.3 is 12.1 Å². The molecule has 0 radical (unpaired) electrons. The molecule has 1 fully saturated rings. The molecule has 0 aliphatic heterocycles. The van der Waals surface area contributed by atoms with Crippen LogP contribution in [0.5, 0.6) is 0 Å². The zero-order valence-electron chi connectivity index (χ0n) is 12.9. The van der Waals surface area contributed by atoms with Gasteiger partial charge in [-0.1, -0.05) is 12.8 Å². The van der Waals surface area contributed by atoms with Crippen molar-refractivity contribution in [3.05, 3.63) is 24.3 Å². The number of carbonyl (C=O) groups excluding carboxylic acids is 2. The summed E-state index contributed by atoms with van der Waals surface area (Å²) < 4.78 is 4.48. The Balaban J connectivity index is 1.95. The Morgan fingerprint density at radius 3 is 2.09 bits per heavy atom. The van der Waals surface area contributed by atoms with E-state index >= 15 is 0 Å². The van der Waals surface area contributed by atoms with E-state index in [1.54, 1.807) is 24.3 Å². The summed E-state index contributed by atoms with van der Waals surface area (Å²) in [6.07, 6.45) is 2.16. The number of anilines is 2. The third kappa shape index (κ3) is 4.21. The average Bonchev–Trinajstić information content (AvgIpc) is 2.99. The van der Waals surface area contributed by atoms with Crippen molar-refractivity contribution in [3.8, 4) is 0 Å². The van der Waals surface area contributed by atoms with E-state index in [1.165, 1.54) is 7.11 Å². The van der Waals surface area contributed by atoms with Crippen molar-refractivity contribution in [1.82, 2.24) is 0 Å². The zero-order valence-corrected chi connectivity index (χ0v) is 12.9. The smallest absolute Gasteiger partial charge is 0.411 e. The van der Waals surface area contributed by atoms with E-state index in [0.717, 1.165) is 12.8 Å². The quantitative estimate of drug-likeness (QED) is 0.773. The second kappa shape index (κ2) is 7.13. The maximum atomic E-state index is 12.1. The van der Waals surface area contributed by atoms with Crippen molar-refractivity contribution in [2.24, 2.45) is 5.41 Å². The normalized spacial score (nSPS) is 15.7. The summed E-state index contributed by atoms with van der Waals surface area (Å²) in [7, 11) is 1.27. The van der Waals surface area contributed by atoms with Crippen molar-refractivity contribution < 1.29 is 24.2 Å². The van der Waals surface area contributed by atoms with Gasteiger partial charge in [0.2, 0.25) is 5.91 Å². The van der Waals surface area contributed by atoms with Gasteiger partial charge in [-0.05, 0) is 37.1 Å². The van der Waals surface area contributed by atoms with Gasteiger partial charge in [-0.3, -0.25) is 14.9 Å². The molecule has 1 aromatic carbocycles. The molecule has 1 aliphatic carbocycles. The van der Waals surface area contributed by atoms with Crippen LogP contribution in [0.3, 0.4) is 0 Å². The number of amides is 2. The van der Waals surface area contributed by atoms with E-state index in [2.05, 4.69) is 15.4 Å².